The van der Waals surface area contributed by atoms with E-state index in [0.29, 0.717) is 42.8 Å². The van der Waals surface area contributed by atoms with Gasteiger partial charge in [-0.15, -0.1) is 0 Å². The highest BCUT2D eigenvalue weighted by Crippen LogP contribution is 2.60. The van der Waals surface area contributed by atoms with E-state index in [1.807, 2.05) is 19.0 Å². The number of hydrogen-bond donors (Lipinski definition) is 3. The number of rotatable bonds is 11. The van der Waals surface area contributed by atoms with E-state index in [9.17, 15) is 27.6 Å². The lowest BCUT2D eigenvalue weighted by Crippen LogP contribution is -2.46. The van der Waals surface area contributed by atoms with E-state index >= 15 is 4.39 Å². The van der Waals surface area contributed by atoms with Gasteiger partial charge >= 0.3 is 0 Å². The second kappa shape index (κ2) is 12.7. The summed E-state index contributed by atoms with van der Waals surface area (Å²) in [5.74, 6) is -3.46. The van der Waals surface area contributed by atoms with Crippen molar-refractivity contribution in [2.75, 3.05) is 26.0 Å². The zero-order valence-electron chi connectivity index (χ0n) is 27.7. The molecule has 1 saturated heterocycles. The Morgan fingerprint density at radius 1 is 1.04 bits per heavy atom. The van der Waals surface area contributed by atoms with E-state index in [0.717, 1.165) is 0 Å². The van der Waals surface area contributed by atoms with Gasteiger partial charge in [0, 0.05) is 45.1 Å². The fraction of sp³-hybridized carbons (Fsp3) is 0.343. The molecular weight excluding hydrogens is 701 g/mol. The van der Waals surface area contributed by atoms with E-state index in [1.54, 1.807) is 36.4 Å². The third kappa shape index (κ3) is 6.45. The fourth-order valence-corrected chi connectivity index (χ4v) is 8.82. The largest absolute Gasteiger partial charge is 0.364 e. The van der Waals surface area contributed by atoms with Crippen molar-refractivity contribution in [3.8, 4) is 11.1 Å². The van der Waals surface area contributed by atoms with Crippen LogP contribution in [0.5, 0.6) is 0 Å². The minimum atomic E-state index is -3.84. The van der Waals surface area contributed by atoms with Crippen molar-refractivity contribution in [3.05, 3.63) is 82.8 Å². The van der Waals surface area contributed by atoms with Gasteiger partial charge in [0.05, 0.1) is 16.5 Å². The number of primary amides is 1. The quantitative estimate of drug-likeness (QED) is 0.210. The summed E-state index contributed by atoms with van der Waals surface area (Å²) in [6.45, 7) is 0.185. The molecule has 0 spiro atoms. The van der Waals surface area contributed by atoms with E-state index in [4.69, 9.17) is 17.3 Å². The van der Waals surface area contributed by atoms with Crippen LogP contribution in [0.3, 0.4) is 0 Å². The molecule has 3 atom stereocenters. The number of piperidine rings is 1. The van der Waals surface area contributed by atoms with Crippen LogP contribution in [0.2, 0.25) is 5.02 Å². The van der Waals surface area contributed by atoms with E-state index in [1.165, 1.54) is 33.8 Å². The van der Waals surface area contributed by atoms with Gasteiger partial charge in [0.1, 0.15) is 12.6 Å². The molecule has 0 unspecified atom stereocenters. The van der Waals surface area contributed by atoms with Crippen molar-refractivity contribution in [2.24, 2.45) is 11.1 Å². The van der Waals surface area contributed by atoms with Gasteiger partial charge in [0.25, 0.3) is 11.8 Å². The fourth-order valence-electron chi connectivity index (χ4n) is 7.28. The number of fused-ring (bicyclic) bond motifs is 2. The number of halogens is 2. The SMILES string of the molecule is CN(C)C[C@@]12C[C@@H](C(=O)Nc3cccc(-c4ccccc4Cl)c3F)N(C(=O)Cn3nc(C(N)=O)c4ccc(C(=O)NS(=O)(=O)C5CC5)cc43)[C@@H]1C2. The minimum Gasteiger partial charge on any atom is -0.364 e. The van der Waals surface area contributed by atoms with Gasteiger partial charge in [-0.05, 0) is 70.1 Å². The van der Waals surface area contributed by atoms with E-state index in [-0.39, 0.29) is 44.9 Å². The summed E-state index contributed by atoms with van der Waals surface area (Å²) in [6, 6.07) is 14.3. The highest BCUT2D eigenvalue weighted by molar-refractivity contribution is 7.91. The van der Waals surface area contributed by atoms with Crippen molar-refractivity contribution < 1.29 is 32.0 Å². The van der Waals surface area contributed by atoms with Crippen molar-refractivity contribution in [3.63, 3.8) is 0 Å². The number of carbonyl (C=O) groups excluding carboxylic acids is 4. The molecule has 4 aromatic rings. The van der Waals surface area contributed by atoms with Crippen LogP contribution in [0.4, 0.5) is 10.1 Å². The standard InChI is InChI=1S/C35H35ClFN7O6S/c1-42(2)18-35-15-27(34(48)39-25-9-5-7-22(30(25)37)21-6-3-4-8-24(21)36)44(28(35)16-35)29(45)17-43-26-14-19(10-13-23(26)31(40-43)32(38)46)33(47)41-51(49,50)20-11-12-20/h3-10,13-14,20,27-28H,11-12,15-18H2,1-2H3,(H2,38,46)(H,39,48)(H,41,47)/t27-,28+,35-/m0/s1. The number of hydrogen-bond acceptors (Lipinski definition) is 8. The highest BCUT2D eigenvalue weighted by Gasteiger charge is 2.67. The molecule has 2 heterocycles. The molecule has 3 aliphatic rings. The molecule has 51 heavy (non-hydrogen) atoms. The first-order chi connectivity index (χ1) is 24.2. The summed E-state index contributed by atoms with van der Waals surface area (Å²) < 4.78 is 44.0. The molecular formula is C35H35ClFN7O6S. The topological polar surface area (TPSA) is 177 Å². The number of carbonyl (C=O) groups is 4. The van der Waals surface area contributed by atoms with Gasteiger partial charge in [-0.3, -0.25) is 23.9 Å². The number of nitrogens with zero attached hydrogens (tertiary/aromatic N) is 4. The molecule has 7 rings (SSSR count). The lowest BCUT2D eigenvalue weighted by Gasteiger charge is -2.27. The zero-order valence-corrected chi connectivity index (χ0v) is 29.3. The summed E-state index contributed by atoms with van der Waals surface area (Å²) in [5.41, 5.74) is 5.87. The monoisotopic (exact) mass is 735 g/mol. The molecule has 1 aliphatic heterocycles. The van der Waals surface area contributed by atoms with Gasteiger partial charge in [-0.2, -0.15) is 5.10 Å². The number of amides is 4. The van der Waals surface area contributed by atoms with E-state index < -0.39 is 57.3 Å². The maximum atomic E-state index is 15.8. The highest BCUT2D eigenvalue weighted by atomic mass is 35.5. The summed E-state index contributed by atoms with van der Waals surface area (Å²) in [6.07, 6.45) is 1.93. The Balaban J connectivity index is 1.18. The van der Waals surface area contributed by atoms with Crippen LogP contribution in [0.25, 0.3) is 22.0 Å². The van der Waals surface area contributed by atoms with Crippen LogP contribution in [-0.4, -0.2) is 89.6 Å². The second-order valence-corrected chi connectivity index (χ2v) is 16.1. The Morgan fingerprint density at radius 3 is 2.45 bits per heavy atom. The lowest BCUT2D eigenvalue weighted by atomic mass is 9.98. The summed E-state index contributed by atoms with van der Waals surface area (Å²) in [7, 11) is -0.0244. The molecule has 4 N–H and O–H groups in total. The molecule has 2 saturated carbocycles. The molecule has 13 nitrogen and oxygen atoms in total. The van der Waals surface area contributed by atoms with Crippen LogP contribution >= 0.6 is 11.6 Å². The number of likely N-dealkylation sites (tertiary alicyclic amines) is 1. The van der Waals surface area contributed by atoms with Crippen molar-refractivity contribution >= 4 is 61.8 Å². The van der Waals surface area contributed by atoms with Gasteiger partial charge in [0.2, 0.25) is 21.8 Å². The molecule has 1 aromatic heterocycles. The first-order valence-electron chi connectivity index (χ1n) is 16.4. The predicted molar refractivity (Wildman–Crippen MR) is 188 cm³/mol. The summed E-state index contributed by atoms with van der Waals surface area (Å²) >= 11 is 6.33. The Labute approximate surface area is 297 Å². The van der Waals surface area contributed by atoms with E-state index in [2.05, 4.69) is 15.1 Å². The summed E-state index contributed by atoms with van der Waals surface area (Å²) in [5, 5.41) is 6.97. The number of benzene rings is 3. The average molecular weight is 736 g/mol. The van der Waals surface area contributed by atoms with Crippen molar-refractivity contribution in [2.45, 2.75) is 49.6 Å². The minimum absolute atomic E-state index is 0.0250. The Hall–Kier alpha value is -4.86. The first-order valence-corrected chi connectivity index (χ1v) is 18.3. The molecule has 2 aliphatic carbocycles. The van der Waals surface area contributed by atoms with Gasteiger partial charge < -0.3 is 20.9 Å². The molecule has 3 fully saturated rings. The van der Waals surface area contributed by atoms with Crippen LogP contribution < -0.4 is 15.8 Å². The number of aromatic nitrogens is 2. The van der Waals surface area contributed by atoms with Gasteiger partial charge in [0.15, 0.2) is 11.5 Å². The zero-order chi connectivity index (χ0) is 36.4. The van der Waals surface area contributed by atoms with Crippen LogP contribution in [0.15, 0.2) is 60.7 Å². The predicted octanol–water partition coefficient (Wildman–Crippen LogP) is 3.38. The number of anilines is 1. The molecule has 0 radical (unpaired) electrons. The summed E-state index contributed by atoms with van der Waals surface area (Å²) in [4.78, 5) is 56.9. The molecule has 266 valence electrons. The van der Waals surface area contributed by atoms with Crippen LogP contribution in [-0.2, 0) is 26.2 Å². The van der Waals surface area contributed by atoms with Gasteiger partial charge in [-0.25, -0.2) is 17.5 Å². The first kappa shape index (κ1) is 34.6. The maximum Gasteiger partial charge on any atom is 0.269 e. The van der Waals surface area contributed by atoms with Gasteiger partial charge in [-0.1, -0.05) is 41.9 Å². The van der Waals surface area contributed by atoms with Crippen LogP contribution in [0.1, 0.15) is 46.5 Å². The third-order valence-electron chi connectivity index (χ3n) is 9.79. The Kier molecular flexibility index (Phi) is 8.63. The Morgan fingerprint density at radius 2 is 1.76 bits per heavy atom. The average Bonchev–Trinajstić information content (AvgIpc) is 3.98. The third-order valence-corrected chi connectivity index (χ3v) is 11.9. The van der Waals surface area contributed by atoms with Crippen molar-refractivity contribution in [1.82, 2.24) is 24.3 Å². The normalized spacial score (nSPS) is 21.1. The lowest BCUT2D eigenvalue weighted by molar-refractivity contribution is -0.138. The smallest absolute Gasteiger partial charge is 0.269 e. The molecule has 3 aromatic carbocycles. The number of sulfonamides is 1. The molecule has 4 amide bonds. The second-order valence-electron chi connectivity index (χ2n) is 13.8. The number of nitrogens with one attached hydrogen (secondary N) is 2. The molecule has 0 bridgehead atoms. The number of nitrogens with two attached hydrogens (primary N) is 1. The molecule has 16 heteroatoms. The van der Waals surface area contributed by atoms with Crippen LogP contribution in [0, 0.1) is 11.2 Å². The van der Waals surface area contributed by atoms with Crippen molar-refractivity contribution in [1.29, 1.82) is 0 Å². The Bertz CT molecular complexity index is 2240. The maximum absolute atomic E-state index is 15.8.